The minimum absolute atomic E-state index is 0.0120. The van der Waals surface area contributed by atoms with E-state index in [4.69, 9.17) is 5.26 Å². The fraction of sp³-hybridized carbons (Fsp3) is 0.619. The summed E-state index contributed by atoms with van der Waals surface area (Å²) in [4.78, 5) is 19.8. The van der Waals surface area contributed by atoms with Crippen molar-refractivity contribution < 1.29 is 9.90 Å². The third kappa shape index (κ3) is 4.86. The lowest BCUT2D eigenvalue weighted by Gasteiger charge is -2.46. The number of piperazine rings is 1. The van der Waals surface area contributed by atoms with E-state index < -0.39 is 0 Å². The molecule has 2 fully saturated rings. The molecule has 2 atom stereocenters. The van der Waals surface area contributed by atoms with Crippen LogP contribution in [0.1, 0.15) is 35.2 Å². The van der Waals surface area contributed by atoms with Gasteiger partial charge in [0.1, 0.15) is 0 Å². The fourth-order valence-corrected chi connectivity index (χ4v) is 4.38. The van der Waals surface area contributed by atoms with Crippen molar-refractivity contribution in [2.75, 3.05) is 52.9 Å². The topological polar surface area (TPSA) is 70.8 Å². The number of piperidine rings is 1. The summed E-state index contributed by atoms with van der Waals surface area (Å²) >= 11 is 0. The number of hydrogen-bond acceptors (Lipinski definition) is 5. The Morgan fingerprint density at radius 2 is 2.04 bits per heavy atom. The molecular formula is C21H30N4O2. The molecule has 0 radical (unpaired) electrons. The lowest BCUT2D eigenvalue weighted by molar-refractivity contribution is 0.0218. The maximum atomic E-state index is 13.0. The first-order valence-electron chi connectivity index (χ1n) is 9.95. The molecule has 146 valence electrons. The Bertz CT molecular complexity index is 679. The van der Waals surface area contributed by atoms with Crippen molar-refractivity contribution in [3.8, 4) is 6.07 Å². The second kappa shape index (κ2) is 9.32. The van der Waals surface area contributed by atoms with Gasteiger partial charge in [-0.2, -0.15) is 5.26 Å². The van der Waals surface area contributed by atoms with Crippen LogP contribution in [0.4, 0.5) is 0 Å². The van der Waals surface area contributed by atoms with Gasteiger partial charge in [-0.3, -0.25) is 9.69 Å². The number of likely N-dealkylation sites (N-methyl/N-ethyl adjacent to an activating group) is 1. The lowest BCUT2D eigenvalue weighted by atomic mass is 9.86. The number of rotatable bonds is 5. The van der Waals surface area contributed by atoms with E-state index in [0.29, 0.717) is 23.1 Å². The van der Waals surface area contributed by atoms with Crippen LogP contribution in [-0.2, 0) is 0 Å². The van der Waals surface area contributed by atoms with Crippen LogP contribution < -0.4 is 0 Å². The average molecular weight is 370 g/mol. The first-order chi connectivity index (χ1) is 13.1. The van der Waals surface area contributed by atoms with Crippen molar-refractivity contribution in [2.45, 2.75) is 25.3 Å². The van der Waals surface area contributed by atoms with Gasteiger partial charge in [-0.25, -0.2) is 0 Å². The van der Waals surface area contributed by atoms with Crippen LogP contribution in [0.2, 0.25) is 0 Å². The Balaban J connectivity index is 1.69. The molecule has 2 aliphatic heterocycles. The van der Waals surface area contributed by atoms with E-state index in [1.54, 1.807) is 24.3 Å². The van der Waals surface area contributed by atoms with Gasteiger partial charge in [0.2, 0.25) is 0 Å². The molecule has 1 amide bonds. The van der Waals surface area contributed by atoms with Crippen LogP contribution in [-0.4, -0.2) is 84.7 Å². The van der Waals surface area contributed by atoms with E-state index in [1.165, 1.54) is 0 Å². The van der Waals surface area contributed by atoms with Crippen molar-refractivity contribution in [1.29, 1.82) is 5.26 Å². The molecule has 2 saturated heterocycles. The Hall–Kier alpha value is -1.94. The molecule has 0 unspecified atom stereocenters. The zero-order valence-corrected chi connectivity index (χ0v) is 16.2. The SMILES string of the molecule is CN1CCN([C@@H]2CCN(C(=O)c3cccc(C#N)c3)C[C@@H]2CCCO)CC1. The summed E-state index contributed by atoms with van der Waals surface area (Å²) in [6.07, 6.45) is 2.69. The number of hydrogen-bond donors (Lipinski definition) is 1. The number of carbonyl (C=O) groups excluding carboxylic acids is 1. The largest absolute Gasteiger partial charge is 0.396 e. The zero-order chi connectivity index (χ0) is 19.2. The Labute approximate surface area is 162 Å². The predicted octanol–water partition coefficient (Wildman–Crippen LogP) is 1.41. The van der Waals surface area contributed by atoms with E-state index in [0.717, 1.165) is 58.5 Å². The van der Waals surface area contributed by atoms with Crippen molar-refractivity contribution in [3.05, 3.63) is 35.4 Å². The van der Waals surface area contributed by atoms with Crippen molar-refractivity contribution in [2.24, 2.45) is 5.92 Å². The molecule has 6 nitrogen and oxygen atoms in total. The molecule has 3 rings (SSSR count). The van der Waals surface area contributed by atoms with Gasteiger partial charge in [0, 0.05) is 57.5 Å². The molecule has 0 saturated carbocycles. The summed E-state index contributed by atoms with van der Waals surface area (Å²) in [5.41, 5.74) is 1.11. The quantitative estimate of drug-likeness (QED) is 0.849. The minimum Gasteiger partial charge on any atom is -0.396 e. The number of nitrogens with zero attached hydrogens (tertiary/aromatic N) is 4. The van der Waals surface area contributed by atoms with Crippen molar-refractivity contribution in [3.63, 3.8) is 0 Å². The molecule has 0 aliphatic carbocycles. The number of aliphatic hydroxyl groups is 1. The number of benzene rings is 1. The minimum atomic E-state index is 0.0120. The molecule has 0 bridgehead atoms. The maximum Gasteiger partial charge on any atom is 0.253 e. The smallest absolute Gasteiger partial charge is 0.253 e. The molecule has 2 aliphatic rings. The van der Waals surface area contributed by atoms with Crippen LogP contribution in [0, 0.1) is 17.2 Å². The first kappa shape index (κ1) is 19.8. The summed E-state index contributed by atoms with van der Waals surface area (Å²) in [6.45, 7) is 6.02. The molecule has 1 N–H and O–H groups in total. The normalized spacial score (nSPS) is 24.6. The number of amides is 1. The molecule has 27 heavy (non-hydrogen) atoms. The van der Waals surface area contributed by atoms with Crippen molar-refractivity contribution in [1.82, 2.24) is 14.7 Å². The average Bonchev–Trinajstić information content (AvgIpc) is 2.72. The highest BCUT2D eigenvalue weighted by Gasteiger charge is 2.35. The highest BCUT2D eigenvalue weighted by molar-refractivity contribution is 5.94. The van der Waals surface area contributed by atoms with Crippen LogP contribution in [0.15, 0.2) is 24.3 Å². The molecule has 0 spiro atoms. The summed E-state index contributed by atoms with van der Waals surface area (Å²) in [7, 11) is 2.16. The Kier molecular flexibility index (Phi) is 6.84. The molecule has 1 aromatic carbocycles. The lowest BCUT2D eigenvalue weighted by Crippen LogP contribution is -2.56. The van der Waals surface area contributed by atoms with Crippen LogP contribution in [0.25, 0.3) is 0 Å². The van der Waals surface area contributed by atoms with E-state index in [1.807, 2.05) is 4.90 Å². The third-order valence-electron chi connectivity index (χ3n) is 5.96. The molecule has 6 heteroatoms. The molecular weight excluding hydrogens is 340 g/mol. The zero-order valence-electron chi connectivity index (χ0n) is 16.2. The maximum absolute atomic E-state index is 13.0. The van der Waals surface area contributed by atoms with E-state index in [-0.39, 0.29) is 12.5 Å². The second-order valence-corrected chi connectivity index (χ2v) is 7.76. The van der Waals surface area contributed by atoms with Gasteiger partial charge in [0.05, 0.1) is 11.6 Å². The standard InChI is InChI=1S/C21H30N4O2/c1-23-9-11-24(12-10-23)20-7-8-25(16-19(20)6-3-13-26)21(27)18-5-2-4-17(14-18)15-22/h2,4-5,14,19-20,26H,3,6-13,16H2,1H3/t19-,20+/m0/s1. The summed E-state index contributed by atoms with van der Waals surface area (Å²) in [5, 5.41) is 18.4. The number of likely N-dealkylation sites (tertiary alicyclic amines) is 1. The van der Waals surface area contributed by atoms with Crippen LogP contribution >= 0.6 is 0 Å². The van der Waals surface area contributed by atoms with E-state index in [2.05, 4.69) is 22.9 Å². The van der Waals surface area contributed by atoms with Crippen LogP contribution in [0.3, 0.4) is 0 Å². The van der Waals surface area contributed by atoms with Crippen LogP contribution in [0.5, 0.6) is 0 Å². The third-order valence-corrected chi connectivity index (χ3v) is 5.96. The van der Waals surface area contributed by atoms with Gasteiger partial charge >= 0.3 is 0 Å². The molecule has 1 aromatic rings. The number of carbonyl (C=O) groups is 1. The Morgan fingerprint density at radius 1 is 1.26 bits per heavy atom. The summed E-state index contributed by atoms with van der Waals surface area (Å²) in [6, 6.07) is 9.55. The second-order valence-electron chi connectivity index (χ2n) is 7.76. The van der Waals surface area contributed by atoms with E-state index in [9.17, 15) is 9.90 Å². The summed E-state index contributed by atoms with van der Waals surface area (Å²) < 4.78 is 0. The highest BCUT2D eigenvalue weighted by Crippen LogP contribution is 2.28. The molecule has 2 heterocycles. The van der Waals surface area contributed by atoms with Gasteiger partial charge in [-0.1, -0.05) is 6.07 Å². The number of nitriles is 1. The van der Waals surface area contributed by atoms with Gasteiger partial charge in [-0.15, -0.1) is 0 Å². The van der Waals surface area contributed by atoms with E-state index >= 15 is 0 Å². The highest BCUT2D eigenvalue weighted by atomic mass is 16.3. The first-order valence-corrected chi connectivity index (χ1v) is 9.95. The van der Waals surface area contributed by atoms with Gasteiger partial charge in [-0.05, 0) is 50.4 Å². The summed E-state index contributed by atoms with van der Waals surface area (Å²) in [5.74, 6) is 0.398. The Morgan fingerprint density at radius 3 is 2.74 bits per heavy atom. The molecule has 0 aromatic heterocycles. The fourth-order valence-electron chi connectivity index (χ4n) is 4.38. The van der Waals surface area contributed by atoms with Crippen molar-refractivity contribution >= 4 is 5.91 Å². The van der Waals surface area contributed by atoms with Gasteiger partial charge < -0.3 is 14.9 Å². The monoisotopic (exact) mass is 370 g/mol. The predicted molar refractivity (Wildman–Crippen MR) is 104 cm³/mol. The van der Waals surface area contributed by atoms with Gasteiger partial charge in [0.15, 0.2) is 0 Å². The number of aliphatic hydroxyl groups excluding tert-OH is 1. The van der Waals surface area contributed by atoms with Gasteiger partial charge in [0.25, 0.3) is 5.91 Å².